The molecule has 1 unspecified atom stereocenters. The second-order valence-corrected chi connectivity index (χ2v) is 2.83. The average Bonchev–Trinajstić information content (AvgIpc) is 2.61. The third-order valence-electron chi connectivity index (χ3n) is 1.96. The smallest absolute Gasteiger partial charge is 0.394 e. The first-order chi connectivity index (χ1) is 5.32. The summed E-state index contributed by atoms with van der Waals surface area (Å²) in [6.45, 7) is 0. The van der Waals surface area contributed by atoms with Gasteiger partial charge in [0.2, 0.25) is 0 Å². The zero-order valence-corrected chi connectivity index (χ0v) is 7.54. The molecule has 7 heteroatoms. The minimum atomic E-state index is -4.40. The van der Waals surface area contributed by atoms with Crippen LogP contribution in [0.25, 0.3) is 0 Å². The normalized spacial score (nSPS) is 31.9. The van der Waals surface area contributed by atoms with E-state index in [1.54, 1.807) is 0 Å². The summed E-state index contributed by atoms with van der Waals surface area (Å²) in [6, 6.07) is 0. The van der Waals surface area contributed by atoms with E-state index in [2.05, 4.69) is 4.74 Å². The Balaban J connectivity index is 0.00000144. The second-order valence-electron chi connectivity index (χ2n) is 2.83. The van der Waals surface area contributed by atoms with Crippen molar-refractivity contribution in [3.8, 4) is 0 Å². The minimum absolute atomic E-state index is 0. The lowest BCUT2D eigenvalue weighted by atomic mass is 10.2. The van der Waals surface area contributed by atoms with Crippen LogP contribution in [0.1, 0.15) is 6.42 Å². The molecule has 1 aliphatic rings. The van der Waals surface area contributed by atoms with Crippen LogP contribution in [0.15, 0.2) is 0 Å². The lowest BCUT2D eigenvalue weighted by molar-refractivity contribution is -0.163. The lowest BCUT2D eigenvalue weighted by Gasteiger charge is -2.10. The van der Waals surface area contributed by atoms with Crippen molar-refractivity contribution in [3.05, 3.63) is 0 Å². The summed E-state index contributed by atoms with van der Waals surface area (Å²) in [5.74, 6) is -2.73. The van der Waals surface area contributed by atoms with Gasteiger partial charge in [-0.2, -0.15) is 13.2 Å². The van der Waals surface area contributed by atoms with E-state index in [9.17, 15) is 18.0 Å². The summed E-state index contributed by atoms with van der Waals surface area (Å²) >= 11 is 0. The summed E-state index contributed by atoms with van der Waals surface area (Å²) in [6.07, 6.45) is -4.77. The standard InChI is InChI=1S/C6H8F3NO2.ClH/c1-12-4(11)5(10)2-3(5)6(7,8)9;/h3H,2,10H2,1H3;1H/t3?,5-;/m0./s1. The topological polar surface area (TPSA) is 52.3 Å². The Morgan fingerprint density at radius 1 is 1.62 bits per heavy atom. The molecule has 0 aliphatic heterocycles. The van der Waals surface area contributed by atoms with Gasteiger partial charge in [0.25, 0.3) is 0 Å². The third kappa shape index (κ3) is 2.05. The van der Waals surface area contributed by atoms with Crippen molar-refractivity contribution < 1.29 is 22.7 Å². The predicted molar refractivity (Wildman–Crippen MR) is 40.3 cm³/mol. The van der Waals surface area contributed by atoms with Crippen LogP contribution in [0.4, 0.5) is 13.2 Å². The number of halogens is 4. The van der Waals surface area contributed by atoms with Gasteiger partial charge in [0.15, 0.2) is 0 Å². The molecule has 0 aromatic rings. The quantitative estimate of drug-likeness (QED) is 0.666. The molecule has 2 N–H and O–H groups in total. The van der Waals surface area contributed by atoms with Gasteiger partial charge in [-0.05, 0) is 6.42 Å². The van der Waals surface area contributed by atoms with Crippen molar-refractivity contribution in [2.45, 2.75) is 18.1 Å². The van der Waals surface area contributed by atoms with Gasteiger partial charge >= 0.3 is 12.1 Å². The van der Waals surface area contributed by atoms with Crippen LogP contribution in [-0.4, -0.2) is 24.8 Å². The Labute approximate surface area is 78.8 Å². The first kappa shape index (κ1) is 12.5. The summed E-state index contributed by atoms with van der Waals surface area (Å²) in [5.41, 5.74) is 3.31. The lowest BCUT2D eigenvalue weighted by Crippen LogP contribution is -2.39. The highest BCUT2D eigenvalue weighted by Gasteiger charge is 2.69. The van der Waals surface area contributed by atoms with E-state index in [1.165, 1.54) is 0 Å². The van der Waals surface area contributed by atoms with Gasteiger partial charge in [-0.1, -0.05) is 0 Å². The molecule has 0 aromatic carbocycles. The molecule has 1 rings (SSSR count). The highest BCUT2D eigenvalue weighted by Crippen LogP contribution is 2.52. The average molecular weight is 220 g/mol. The van der Waals surface area contributed by atoms with Gasteiger partial charge in [-0.3, -0.25) is 4.79 Å². The number of hydrogen-bond acceptors (Lipinski definition) is 3. The number of ether oxygens (including phenoxy) is 1. The molecule has 0 spiro atoms. The van der Waals surface area contributed by atoms with Crippen LogP contribution in [-0.2, 0) is 9.53 Å². The fraction of sp³-hybridized carbons (Fsp3) is 0.833. The van der Waals surface area contributed by atoms with E-state index in [0.29, 0.717) is 0 Å². The molecular formula is C6H9ClF3NO2. The summed E-state index contributed by atoms with van der Waals surface area (Å²) in [5, 5.41) is 0. The molecular weight excluding hydrogens is 211 g/mol. The maximum absolute atomic E-state index is 11.9. The van der Waals surface area contributed by atoms with Crippen molar-refractivity contribution in [2.75, 3.05) is 7.11 Å². The van der Waals surface area contributed by atoms with E-state index < -0.39 is 23.6 Å². The zero-order chi connectivity index (χ0) is 9.57. The second kappa shape index (κ2) is 3.34. The maximum Gasteiger partial charge on any atom is 0.394 e. The van der Waals surface area contributed by atoms with Gasteiger partial charge in [0.1, 0.15) is 5.54 Å². The first-order valence-electron chi connectivity index (χ1n) is 3.26. The molecule has 0 radical (unpaired) electrons. The van der Waals surface area contributed by atoms with Crippen LogP contribution < -0.4 is 5.73 Å². The van der Waals surface area contributed by atoms with Crippen molar-refractivity contribution in [1.29, 1.82) is 0 Å². The van der Waals surface area contributed by atoms with Crippen molar-refractivity contribution in [3.63, 3.8) is 0 Å². The monoisotopic (exact) mass is 219 g/mol. The molecule has 0 heterocycles. The fourth-order valence-electron chi connectivity index (χ4n) is 1.10. The van der Waals surface area contributed by atoms with Gasteiger partial charge in [0, 0.05) is 0 Å². The predicted octanol–water partition coefficient (Wildman–Crippen LogP) is 0.861. The van der Waals surface area contributed by atoms with Crippen molar-refractivity contribution in [1.82, 2.24) is 0 Å². The van der Waals surface area contributed by atoms with Crippen molar-refractivity contribution >= 4 is 18.4 Å². The molecule has 1 saturated carbocycles. The number of hydrogen-bond donors (Lipinski definition) is 1. The summed E-state index contributed by atoms with van der Waals surface area (Å²) in [4.78, 5) is 10.7. The van der Waals surface area contributed by atoms with E-state index >= 15 is 0 Å². The minimum Gasteiger partial charge on any atom is -0.468 e. The van der Waals surface area contributed by atoms with E-state index in [1.807, 2.05) is 0 Å². The van der Waals surface area contributed by atoms with E-state index in [4.69, 9.17) is 5.73 Å². The Hall–Kier alpha value is -0.490. The van der Waals surface area contributed by atoms with Crippen LogP contribution in [0.3, 0.4) is 0 Å². The number of carbonyl (C=O) groups is 1. The molecule has 0 aromatic heterocycles. The van der Waals surface area contributed by atoms with Gasteiger partial charge in [-0.25, -0.2) is 0 Å². The highest BCUT2D eigenvalue weighted by molar-refractivity contribution is 5.85. The van der Waals surface area contributed by atoms with Crippen molar-refractivity contribution in [2.24, 2.45) is 11.7 Å². The molecule has 78 valence electrons. The highest BCUT2D eigenvalue weighted by atomic mass is 35.5. The largest absolute Gasteiger partial charge is 0.468 e. The Bertz CT molecular complexity index is 220. The number of nitrogens with two attached hydrogens (primary N) is 1. The molecule has 0 amide bonds. The van der Waals surface area contributed by atoms with E-state index in [0.717, 1.165) is 7.11 Å². The molecule has 2 atom stereocenters. The summed E-state index contributed by atoms with van der Waals surface area (Å²) in [7, 11) is 1.02. The molecule has 0 saturated heterocycles. The molecule has 0 bridgehead atoms. The molecule has 1 fully saturated rings. The molecule has 3 nitrogen and oxygen atoms in total. The number of carbonyl (C=O) groups excluding carboxylic acids is 1. The Morgan fingerprint density at radius 3 is 2.31 bits per heavy atom. The van der Waals surface area contributed by atoms with Gasteiger partial charge in [0.05, 0.1) is 13.0 Å². The first-order valence-corrected chi connectivity index (χ1v) is 3.26. The van der Waals surface area contributed by atoms with Gasteiger partial charge < -0.3 is 10.5 Å². The number of alkyl halides is 3. The number of esters is 1. The van der Waals surface area contributed by atoms with E-state index in [-0.39, 0.29) is 18.8 Å². The SMILES string of the molecule is COC(=O)[C@]1(N)CC1C(F)(F)F.Cl. The Kier molecular flexibility index (Phi) is 3.21. The van der Waals surface area contributed by atoms with Crippen LogP contribution in [0.2, 0.25) is 0 Å². The van der Waals surface area contributed by atoms with Gasteiger partial charge in [-0.15, -0.1) is 12.4 Å². The van der Waals surface area contributed by atoms with Crippen LogP contribution >= 0.6 is 12.4 Å². The Morgan fingerprint density at radius 2 is 2.08 bits per heavy atom. The third-order valence-corrected chi connectivity index (χ3v) is 1.96. The maximum atomic E-state index is 11.9. The summed E-state index contributed by atoms with van der Waals surface area (Å²) < 4.78 is 40.0. The van der Waals surface area contributed by atoms with Crippen LogP contribution in [0, 0.1) is 5.92 Å². The molecule has 1 aliphatic carbocycles. The zero-order valence-electron chi connectivity index (χ0n) is 6.72. The number of methoxy groups -OCH3 is 1. The fourth-order valence-corrected chi connectivity index (χ4v) is 1.10. The number of rotatable bonds is 1. The van der Waals surface area contributed by atoms with Crippen LogP contribution in [0.5, 0.6) is 0 Å². The molecule has 13 heavy (non-hydrogen) atoms.